The molecule has 1 unspecified atom stereocenters. The molecule has 0 saturated carbocycles. The van der Waals surface area contributed by atoms with Gasteiger partial charge in [0.25, 0.3) is 0 Å². The molecule has 0 aliphatic carbocycles. The largest absolute Gasteiger partial charge is 0.316 e. The molecule has 1 N–H and O–H groups in total. The van der Waals surface area contributed by atoms with Crippen LogP contribution in [0.5, 0.6) is 0 Å². The summed E-state index contributed by atoms with van der Waals surface area (Å²) in [6.45, 7) is 13.4. The summed E-state index contributed by atoms with van der Waals surface area (Å²) in [5, 5.41) is 5.05. The predicted molar refractivity (Wildman–Crippen MR) is 90.8 cm³/mol. The summed E-state index contributed by atoms with van der Waals surface area (Å²) >= 11 is 12.3. The number of nitrogens with one attached hydrogen (secondary N) is 1. The number of rotatable bonds is 6. The van der Waals surface area contributed by atoms with E-state index in [1.807, 2.05) is 18.2 Å². The van der Waals surface area contributed by atoms with Gasteiger partial charge < -0.3 is 5.32 Å². The molecule has 0 spiro atoms. The van der Waals surface area contributed by atoms with Gasteiger partial charge in [0.15, 0.2) is 0 Å². The quantitative estimate of drug-likeness (QED) is 0.736. The normalized spacial score (nSPS) is 13.8. The van der Waals surface area contributed by atoms with Gasteiger partial charge in [0, 0.05) is 10.0 Å². The lowest BCUT2D eigenvalue weighted by molar-refractivity contribution is 0.228. The lowest BCUT2D eigenvalue weighted by atomic mass is 9.77. The van der Waals surface area contributed by atoms with Crippen molar-refractivity contribution in [3.63, 3.8) is 0 Å². The molecule has 0 aliphatic rings. The van der Waals surface area contributed by atoms with Crippen molar-refractivity contribution < 1.29 is 0 Å². The molecule has 0 fully saturated rings. The summed E-state index contributed by atoms with van der Waals surface area (Å²) in [4.78, 5) is 0. The molecular weight excluding hydrogens is 289 g/mol. The zero-order valence-electron chi connectivity index (χ0n) is 13.3. The van der Waals surface area contributed by atoms with Crippen molar-refractivity contribution in [3.8, 4) is 0 Å². The number of benzene rings is 1. The van der Waals surface area contributed by atoms with Crippen molar-refractivity contribution in [1.82, 2.24) is 5.32 Å². The minimum absolute atomic E-state index is 0.243. The van der Waals surface area contributed by atoms with Crippen LogP contribution in [0.4, 0.5) is 0 Å². The van der Waals surface area contributed by atoms with Gasteiger partial charge in [-0.25, -0.2) is 0 Å². The van der Waals surface area contributed by atoms with Crippen LogP contribution < -0.4 is 5.32 Å². The lowest BCUT2D eigenvalue weighted by Gasteiger charge is -2.32. The molecule has 0 heterocycles. The second-order valence-electron chi connectivity index (χ2n) is 7.05. The SMILES string of the molecule is CC(C)CNCC(Cc1ccc(Cl)cc1Cl)C(C)(C)C. The van der Waals surface area contributed by atoms with Crippen LogP contribution in [-0.4, -0.2) is 13.1 Å². The van der Waals surface area contributed by atoms with Gasteiger partial charge in [-0.15, -0.1) is 0 Å². The maximum absolute atomic E-state index is 6.30. The molecule has 20 heavy (non-hydrogen) atoms. The van der Waals surface area contributed by atoms with E-state index < -0.39 is 0 Å². The van der Waals surface area contributed by atoms with E-state index in [4.69, 9.17) is 23.2 Å². The van der Waals surface area contributed by atoms with E-state index in [1.165, 1.54) is 5.56 Å². The Hall–Kier alpha value is -0.240. The summed E-state index contributed by atoms with van der Waals surface area (Å²) in [6, 6.07) is 5.80. The van der Waals surface area contributed by atoms with Gasteiger partial charge in [-0.2, -0.15) is 0 Å². The van der Waals surface area contributed by atoms with Crippen LogP contribution in [0.1, 0.15) is 40.2 Å². The highest BCUT2D eigenvalue weighted by Crippen LogP contribution is 2.31. The molecule has 0 saturated heterocycles. The standard InChI is InChI=1S/C17H27Cl2N/c1-12(2)10-20-11-14(17(3,4)5)8-13-6-7-15(18)9-16(13)19/h6-7,9,12,14,20H,8,10-11H2,1-5H3. The first-order chi connectivity index (χ1) is 9.20. The summed E-state index contributed by atoms with van der Waals surface area (Å²) in [5.74, 6) is 1.22. The minimum Gasteiger partial charge on any atom is -0.316 e. The van der Waals surface area contributed by atoms with Gasteiger partial charge in [-0.05, 0) is 54.5 Å². The van der Waals surface area contributed by atoms with Crippen molar-refractivity contribution in [2.24, 2.45) is 17.3 Å². The maximum atomic E-state index is 6.30. The monoisotopic (exact) mass is 315 g/mol. The molecule has 1 atom stereocenters. The molecule has 1 aromatic carbocycles. The van der Waals surface area contributed by atoms with E-state index in [-0.39, 0.29) is 5.41 Å². The van der Waals surface area contributed by atoms with E-state index >= 15 is 0 Å². The zero-order chi connectivity index (χ0) is 15.3. The second-order valence-corrected chi connectivity index (χ2v) is 7.90. The fourth-order valence-corrected chi connectivity index (χ4v) is 2.67. The van der Waals surface area contributed by atoms with Crippen molar-refractivity contribution in [2.75, 3.05) is 13.1 Å². The molecule has 0 amide bonds. The molecule has 1 aromatic rings. The highest BCUT2D eigenvalue weighted by atomic mass is 35.5. The topological polar surface area (TPSA) is 12.0 Å². The molecule has 1 rings (SSSR count). The summed E-state index contributed by atoms with van der Waals surface area (Å²) in [5.41, 5.74) is 1.43. The molecule has 114 valence electrons. The second kappa shape index (κ2) is 7.68. The molecule has 0 aliphatic heterocycles. The van der Waals surface area contributed by atoms with Crippen molar-refractivity contribution in [3.05, 3.63) is 33.8 Å². The van der Waals surface area contributed by atoms with Gasteiger partial charge in [0.2, 0.25) is 0 Å². The van der Waals surface area contributed by atoms with Crippen molar-refractivity contribution >= 4 is 23.2 Å². The molecule has 0 bridgehead atoms. The van der Waals surface area contributed by atoms with Crippen LogP contribution in [0.3, 0.4) is 0 Å². The Morgan fingerprint density at radius 1 is 1.10 bits per heavy atom. The fraction of sp³-hybridized carbons (Fsp3) is 0.647. The number of halogens is 2. The van der Waals surface area contributed by atoms with Crippen LogP contribution in [0.2, 0.25) is 10.0 Å². The third-order valence-corrected chi connectivity index (χ3v) is 4.24. The van der Waals surface area contributed by atoms with Crippen LogP contribution in [0.25, 0.3) is 0 Å². The Morgan fingerprint density at radius 2 is 1.75 bits per heavy atom. The van der Waals surface area contributed by atoms with Crippen LogP contribution in [-0.2, 0) is 6.42 Å². The Bertz CT molecular complexity index is 421. The highest BCUT2D eigenvalue weighted by Gasteiger charge is 2.25. The van der Waals surface area contributed by atoms with Gasteiger partial charge in [-0.1, -0.05) is 63.9 Å². The van der Waals surface area contributed by atoms with Crippen molar-refractivity contribution in [1.29, 1.82) is 0 Å². The smallest absolute Gasteiger partial charge is 0.0452 e. The van der Waals surface area contributed by atoms with E-state index in [2.05, 4.69) is 39.9 Å². The summed E-state index contributed by atoms with van der Waals surface area (Å²) < 4.78 is 0. The first kappa shape index (κ1) is 17.8. The van der Waals surface area contributed by atoms with Gasteiger partial charge in [0.1, 0.15) is 0 Å². The van der Waals surface area contributed by atoms with Gasteiger partial charge in [0.05, 0.1) is 0 Å². The summed E-state index contributed by atoms with van der Waals surface area (Å²) in [7, 11) is 0. The van der Waals surface area contributed by atoms with E-state index in [9.17, 15) is 0 Å². The Kier molecular flexibility index (Phi) is 6.84. The number of hydrogen-bond donors (Lipinski definition) is 1. The minimum atomic E-state index is 0.243. The van der Waals surface area contributed by atoms with Crippen molar-refractivity contribution in [2.45, 2.75) is 41.0 Å². The van der Waals surface area contributed by atoms with E-state index in [0.29, 0.717) is 16.9 Å². The lowest BCUT2D eigenvalue weighted by Crippen LogP contribution is -2.35. The van der Waals surface area contributed by atoms with E-state index in [1.54, 1.807) is 0 Å². The first-order valence-electron chi connectivity index (χ1n) is 7.34. The molecule has 0 aromatic heterocycles. The van der Waals surface area contributed by atoms with E-state index in [0.717, 1.165) is 24.5 Å². The molecular formula is C17H27Cl2N. The Labute approximate surface area is 134 Å². The average Bonchev–Trinajstić information content (AvgIpc) is 2.28. The first-order valence-corrected chi connectivity index (χ1v) is 8.10. The van der Waals surface area contributed by atoms with Crippen LogP contribution >= 0.6 is 23.2 Å². The molecule has 3 heteroatoms. The van der Waals surface area contributed by atoms with Gasteiger partial charge in [-0.3, -0.25) is 0 Å². The van der Waals surface area contributed by atoms with Gasteiger partial charge >= 0.3 is 0 Å². The third kappa shape index (κ3) is 6.03. The zero-order valence-corrected chi connectivity index (χ0v) is 14.8. The number of hydrogen-bond acceptors (Lipinski definition) is 1. The highest BCUT2D eigenvalue weighted by molar-refractivity contribution is 6.35. The third-order valence-electron chi connectivity index (χ3n) is 3.65. The van der Waals surface area contributed by atoms with Crippen LogP contribution in [0, 0.1) is 17.3 Å². The Morgan fingerprint density at radius 3 is 2.25 bits per heavy atom. The van der Waals surface area contributed by atoms with Crippen LogP contribution in [0.15, 0.2) is 18.2 Å². The summed E-state index contributed by atoms with van der Waals surface area (Å²) in [6.07, 6.45) is 0.977. The molecule has 1 nitrogen and oxygen atoms in total. The predicted octanol–water partition coefficient (Wildman–Crippen LogP) is 5.44. The fourth-order valence-electron chi connectivity index (χ4n) is 2.18. The Balaban J connectivity index is 2.74. The maximum Gasteiger partial charge on any atom is 0.0452 e. The molecule has 0 radical (unpaired) electrons. The average molecular weight is 316 g/mol.